The van der Waals surface area contributed by atoms with Gasteiger partial charge in [0.25, 0.3) is 5.91 Å². The van der Waals surface area contributed by atoms with Crippen LogP contribution in [-0.2, 0) is 0 Å². The van der Waals surface area contributed by atoms with Crippen molar-refractivity contribution in [3.05, 3.63) is 47.9 Å². The molecule has 1 aliphatic rings. The highest BCUT2D eigenvalue weighted by atomic mass is 16.1. The monoisotopic (exact) mass is 310 g/mol. The van der Waals surface area contributed by atoms with Crippen molar-refractivity contribution in [3.8, 4) is 0 Å². The average Bonchev–Trinajstić information content (AvgIpc) is 2.84. The second-order valence-electron chi connectivity index (χ2n) is 5.88. The number of aryl methyl sites for hydroxylation is 1. The Kier molecular flexibility index (Phi) is 4.86. The van der Waals surface area contributed by atoms with E-state index in [0.29, 0.717) is 11.5 Å². The summed E-state index contributed by atoms with van der Waals surface area (Å²) in [6.45, 7) is 3.83. The number of anilines is 2. The van der Waals surface area contributed by atoms with E-state index >= 15 is 0 Å². The molecule has 0 radical (unpaired) electrons. The molecule has 1 aliphatic heterocycles. The molecule has 5 heteroatoms. The van der Waals surface area contributed by atoms with Gasteiger partial charge in [0.1, 0.15) is 17.3 Å². The molecular formula is C18H22N4O. The fourth-order valence-electron chi connectivity index (χ4n) is 2.85. The SMILES string of the molecule is Cc1nc(C(=O)Nc2ccccc2)cc(N2CCCCCC2)n1. The Labute approximate surface area is 136 Å². The van der Waals surface area contributed by atoms with Crippen LogP contribution in [-0.4, -0.2) is 29.0 Å². The van der Waals surface area contributed by atoms with Crippen molar-refractivity contribution in [3.63, 3.8) is 0 Å². The Morgan fingerprint density at radius 2 is 1.74 bits per heavy atom. The van der Waals surface area contributed by atoms with Gasteiger partial charge < -0.3 is 10.2 Å². The number of para-hydroxylation sites is 1. The Hall–Kier alpha value is -2.43. The van der Waals surface area contributed by atoms with Crippen LogP contribution in [0.4, 0.5) is 11.5 Å². The van der Waals surface area contributed by atoms with E-state index in [2.05, 4.69) is 20.2 Å². The first kappa shape index (κ1) is 15.5. The van der Waals surface area contributed by atoms with Crippen molar-refractivity contribution in [1.29, 1.82) is 0 Å². The van der Waals surface area contributed by atoms with E-state index in [1.165, 1.54) is 25.7 Å². The Balaban J connectivity index is 1.80. The van der Waals surface area contributed by atoms with Crippen LogP contribution < -0.4 is 10.2 Å². The number of benzene rings is 1. The smallest absolute Gasteiger partial charge is 0.274 e. The lowest BCUT2D eigenvalue weighted by atomic mass is 10.2. The maximum atomic E-state index is 12.4. The second-order valence-corrected chi connectivity index (χ2v) is 5.88. The summed E-state index contributed by atoms with van der Waals surface area (Å²) in [5.74, 6) is 1.29. The van der Waals surface area contributed by atoms with Gasteiger partial charge in [-0.25, -0.2) is 9.97 Å². The zero-order chi connectivity index (χ0) is 16.1. The van der Waals surface area contributed by atoms with Crippen molar-refractivity contribution in [2.75, 3.05) is 23.3 Å². The van der Waals surface area contributed by atoms with Gasteiger partial charge in [-0.2, -0.15) is 0 Å². The van der Waals surface area contributed by atoms with Crippen LogP contribution in [0.3, 0.4) is 0 Å². The van der Waals surface area contributed by atoms with Gasteiger partial charge in [0.05, 0.1) is 0 Å². The fraction of sp³-hybridized carbons (Fsp3) is 0.389. The lowest BCUT2D eigenvalue weighted by Crippen LogP contribution is -2.26. The highest BCUT2D eigenvalue weighted by Gasteiger charge is 2.16. The Bertz CT molecular complexity index is 664. The molecule has 0 spiro atoms. The largest absolute Gasteiger partial charge is 0.356 e. The molecule has 2 heterocycles. The van der Waals surface area contributed by atoms with E-state index in [1.807, 2.05) is 37.3 Å². The molecular weight excluding hydrogens is 288 g/mol. The van der Waals surface area contributed by atoms with Crippen LogP contribution in [0.2, 0.25) is 0 Å². The van der Waals surface area contributed by atoms with Gasteiger partial charge in [-0.3, -0.25) is 4.79 Å². The summed E-state index contributed by atoms with van der Waals surface area (Å²) in [6.07, 6.45) is 4.88. The predicted molar refractivity (Wildman–Crippen MR) is 91.8 cm³/mol. The van der Waals surface area contributed by atoms with Gasteiger partial charge in [-0.1, -0.05) is 31.0 Å². The first-order valence-corrected chi connectivity index (χ1v) is 8.19. The molecule has 2 aromatic rings. The van der Waals surface area contributed by atoms with Crippen molar-refractivity contribution in [2.45, 2.75) is 32.6 Å². The highest BCUT2D eigenvalue weighted by molar-refractivity contribution is 6.03. The zero-order valence-corrected chi connectivity index (χ0v) is 13.5. The Morgan fingerprint density at radius 1 is 1.04 bits per heavy atom. The van der Waals surface area contributed by atoms with Crippen LogP contribution in [0.15, 0.2) is 36.4 Å². The molecule has 0 atom stereocenters. The molecule has 0 saturated carbocycles. The maximum Gasteiger partial charge on any atom is 0.274 e. The minimum absolute atomic E-state index is 0.197. The maximum absolute atomic E-state index is 12.4. The lowest BCUT2D eigenvalue weighted by molar-refractivity contribution is 0.102. The van der Waals surface area contributed by atoms with Gasteiger partial charge in [-0.15, -0.1) is 0 Å². The summed E-state index contributed by atoms with van der Waals surface area (Å²) < 4.78 is 0. The van der Waals surface area contributed by atoms with E-state index < -0.39 is 0 Å². The molecule has 1 amide bonds. The number of hydrogen-bond acceptors (Lipinski definition) is 4. The van der Waals surface area contributed by atoms with E-state index in [0.717, 1.165) is 24.6 Å². The topological polar surface area (TPSA) is 58.1 Å². The summed E-state index contributed by atoms with van der Waals surface area (Å²) in [5, 5.41) is 2.88. The number of aromatic nitrogens is 2. The summed E-state index contributed by atoms with van der Waals surface area (Å²) in [6, 6.07) is 11.2. The third-order valence-corrected chi connectivity index (χ3v) is 4.02. The molecule has 120 valence electrons. The molecule has 23 heavy (non-hydrogen) atoms. The van der Waals surface area contributed by atoms with E-state index in [1.54, 1.807) is 6.07 Å². The molecule has 1 aromatic carbocycles. The molecule has 5 nitrogen and oxygen atoms in total. The summed E-state index contributed by atoms with van der Waals surface area (Å²) >= 11 is 0. The molecule has 0 bridgehead atoms. The number of carbonyl (C=O) groups is 1. The van der Waals surface area contributed by atoms with Gasteiger partial charge in [0.15, 0.2) is 0 Å². The van der Waals surface area contributed by atoms with Crippen molar-refractivity contribution in [1.82, 2.24) is 9.97 Å². The van der Waals surface area contributed by atoms with E-state index in [9.17, 15) is 4.79 Å². The normalized spacial score (nSPS) is 15.1. The first-order valence-electron chi connectivity index (χ1n) is 8.19. The molecule has 1 N–H and O–H groups in total. The summed E-state index contributed by atoms with van der Waals surface area (Å²) in [5.41, 5.74) is 1.19. The predicted octanol–water partition coefficient (Wildman–Crippen LogP) is 3.42. The van der Waals surface area contributed by atoms with Crippen molar-refractivity contribution < 1.29 is 4.79 Å². The number of nitrogens with zero attached hydrogens (tertiary/aromatic N) is 3. The average molecular weight is 310 g/mol. The van der Waals surface area contributed by atoms with E-state index in [-0.39, 0.29) is 5.91 Å². The number of hydrogen-bond donors (Lipinski definition) is 1. The quantitative estimate of drug-likeness (QED) is 0.943. The first-order chi connectivity index (χ1) is 11.2. The molecule has 1 fully saturated rings. The molecule has 0 aliphatic carbocycles. The lowest BCUT2D eigenvalue weighted by Gasteiger charge is -2.22. The Morgan fingerprint density at radius 3 is 2.43 bits per heavy atom. The minimum Gasteiger partial charge on any atom is -0.356 e. The standard InChI is InChI=1S/C18H22N4O/c1-14-19-16(18(23)21-15-9-5-4-6-10-15)13-17(20-14)22-11-7-2-3-8-12-22/h4-6,9-10,13H,2-3,7-8,11-12H2,1H3,(H,21,23). The molecule has 0 unspecified atom stereocenters. The number of nitrogens with one attached hydrogen (secondary N) is 1. The van der Waals surface area contributed by atoms with Crippen LogP contribution in [0.5, 0.6) is 0 Å². The molecule has 1 aromatic heterocycles. The number of carbonyl (C=O) groups excluding carboxylic acids is 1. The van der Waals surface area contributed by atoms with Crippen LogP contribution in [0.25, 0.3) is 0 Å². The summed E-state index contributed by atoms with van der Waals surface area (Å²) in [7, 11) is 0. The molecule has 1 saturated heterocycles. The number of amides is 1. The molecule has 3 rings (SSSR count). The van der Waals surface area contributed by atoms with Crippen LogP contribution in [0, 0.1) is 6.92 Å². The third-order valence-electron chi connectivity index (χ3n) is 4.02. The number of rotatable bonds is 3. The third kappa shape index (κ3) is 4.06. The van der Waals surface area contributed by atoms with Gasteiger partial charge in [-0.05, 0) is 31.9 Å². The van der Waals surface area contributed by atoms with E-state index in [4.69, 9.17) is 0 Å². The zero-order valence-electron chi connectivity index (χ0n) is 13.5. The second kappa shape index (κ2) is 7.22. The van der Waals surface area contributed by atoms with Gasteiger partial charge in [0, 0.05) is 24.8 Å². The van der Waals surface area contributed by atoms with Crippen LogP contribution in [0.1, 0.15) is 42.0 Å². The minimum atomic E-state index is -0.197. The van der Waals surface area contributed by atoms with Crippen LogP contribution >= 0.6 is 0 Å². The van der Waals surface area contributed by atoms with Gasteiger partial charge in [0.2, 0.25) is 0 Å². The highest BCUT2D eigenvalue weighted by Crippen LogP contribution is 2.19. The summed E-state index contributed by atoms with van der Waals surface area (Å²) in [4.78, 5) is 23.5. The van der Waals surface area contributed by atoms with Crippen molar-refractivity contribution >= 4 is 17.4 Å². The fourth-order valence-corrected chi connectivity index (χ4v) is 2.85. The van der Waals surface area contributed by atoms with Crippen molar-refractivity contribution in [2.24, 2.45) is 0 Å². The van der Waals surface area contributed by atoms with Gasteiger partial charge >= 0.3 is 0 Å².